The Morgan fingerprint density at radius 1 is 1.24 bits per heavy atom. The summed E-state index contributed by atoms with van der Waals surface area (Å²) < 4.78 is 0. The lowest BCUT2D eigenvalue weighted by Gasteiger charge is -2.36. The Morgan fingerprint density at radius 2 is 1.95 bits per heavy atom. The van der Waals surface area contributed by atoms with Gasteiger partial charge in [-0.25, -0.2) is 0 Å². The molecular weight excluding hydrogens is 278 g/mol. The van der Waals surface area contributed by atoms with Crippen molar-refractivity contribution >= 4 is 11.3 Å². The molecule has 0 bridgehead atoms. The molecule has 4 heteroatoms. The summed E-state index contributed by atoms with van der Waals surface area (Å²) in [5, 5.41) is 3.48. The van der Waals surface area contributed by atoms with Gasteiger partial charge in [0.25, 0.3) is 0 Å². The third-order valence-electron chi connectivity index (χ3n) is 4.48. The van der Waals surface area contributed by atoms with Gasteiger partial charge in [0, 0.05) is 28.9 Å². The van der Waals surface area contributed by atoms with Crippen molar-refractivity contribution in [2.24, 2.45) is 0 Å². The minimum atomic E-state index is 0.761. The van der Waals surface area contributed by atoms with Crippen molar-refractivity contribution in [3.63, 3.8) is 0 Å². The highest BCUT2D eigenvalue weighted by Gasteiger charge is 2.21. The second-order valence-corrected chi connectivity index (χ2v) is 7.38. The lowest BCUT2D eigenvalue weighted by Crippen LogP contribution is -2.42. The number of likely N-dealkylation sites (tertiary alicyclic amines) is 1. The molecule has 0 saturated carbocycles. The highest BCUT2D eigenvalue weighted by Crippen LogP contribution is 2.21. The van der Waals surface area contributed by atoms with Gasteiger partial charge < -0.3 is 10.2 Å². The third kappa shape index (κ3) is 5.37. The molecule has 1 aromatic heterocycles. The topological polar surface area (TPSA) is 18.5 Å². The van der Waals surface area contributed by atoms with Crippen LogP contribution in [0.5, 0.6) is 0 Å². The quantitative estimate of drug-likeness (QED) is 0.744. The second kappa shape index (κ2) is 8.89. The van der Waals surface area contributed by atoms with Crippen LogP contribution in [0.25, 0.3) is 0 Å². The van der Waals surface area contributed by atoms with Crippen LogP contribution in [-0.2, 0) is 13.1 Å². The van der Waals surface area contributed by atoms with E-state index in [1.54, 1.807) is 0 Å². The van der Waals surface area contributed by atoms with Crippen molar-refractivity contribution in [1.29, 1.82) is 0 Å². The van der Waals surface area contributed by atoms with Crippen molar-refractivity contribution in [1.82, 2.24) is 15.1 Å². The average molecular weight is 310 g/mol. The molecule has 0 atom stereocenters. The van der Waals surface area contributed by atoms with Gasteiger partial charge in [0.1, 0.15) is 0 Å². The molecule has 2 heterocycles. The van der Waals surface area contributed by atoms with E-state index in [-0.39, 0.29) is 0 Å². The minimum absolute atomic E-state index is 0.761. The lowest BCUT2D eigenvalue weighted by atomic mass is 10.0. The summed E-state index contributed by atoms with van der Waals surface area (Å²) in [5.41, 5.74) is 0. The first-order chi connectivity index (χ1) is 10.2. The maximum Gasteiger partial charge on any atom is 0.0327 e. The van der Waals surface area contributed by atoms with Crippen LogP contribution in [0.1, 0.15) is 42.9 Å². The van der Waals surface area contributed by atoms with Crippen LogP contribution in [0, 0.1) is 0 Å². The fourth-order valence-corrected chi connectivity index (χ4v) is 4.09. The first-order valence-electron chi connectivity index (χ1n) is 8.43. The van der Waals surface area contributed by atoms with Crippen molar-refractivity contribution in [3.8, 4) is 0 Å². The van der Waals surface area contributed by atoms with E-state index in [0.717, 1.165) is 25.7 Å². The maximum absolute atomic E-state index is 3.48. The van der Waals surface area contributed by atoms with Gasteiger partial charge in [-0.05, 0) is 64.6 Å². The fourth-order valence-electron chi connectivity index (χ4n) is 3.04. The summed E-state index contributed by atoms with van der Waals surface area (Å²) in [7, 11) is 2.29. The Labute approximate surface area is 134 Å². The molecular formula is C17H31N3S. The number of thiophene rings is 1. The molecule has 1 saturated heterocycles. The third-order valence-corrected chi connectivity index (χ3v) is 5.55. The van der Waals surface area contributed by atoms with E-state index in [9.17, 15) is 0 Å². The molecule has 3 nitrogen and oxygen atoms in total. The van der Waals surface area contributed by atoms with Crippen LogP contribution in [0.4, 0.5) is 0 Å². The molecule has 0 unspecified atom stereocenters. The summed E-state index contributed by atoms with van der Waals surface area (Å²) in [6.07, 6.45) is 3.85. The van der Waals surface area contributed by atoms with Gasteiger partial charge in [-0.3, -0.25) is 4.90 Å². The predicted octanol–water partition coefficient (Wildman–Crippen LogP) is 3.16. The second-order valence-electron chi connectivity index (χ2n) is 6.13. The summed E-state index contributed by atoms with van der Waals surface area (Å²) >= 11 is 1.97. The molecule has 0 aromatic carbocycles. The fraction of sp³-hybridized carbons (Fsp3) is 0.765. The van der Waals surface area contributed by atoms with E-state index in [0.29, 0.717) is 0 Å². The molecule has 0 spiro atoms. The number of hydrogen-bond donors (Lipinski definition) is 1. The van der Waals surface area contributed by atoms with E-state index in [2.05, 4.69) is 48.1 Å². The Morgan fingerprint density at radius 3 is 2.62 bits per heavy atom. The van der Waals surface area contributed by atoms with Crippen LogP contribution < -0.4 is 5.32 Å². The highest BCUT2D eigenvalue weighted by molar-refractivity contribution is 7.11. The lowest BCUT2D eigenvalue weighted by molar-refractivity contribution is 0.128. The highest BCUT2D eigenvalue weighted by atomic mass is 32.1. The van der Waals surface area contributed by atoms with Crippen molar-refractivity contribution < 1.29 is 0 Å². The first kappa shape index (κ1) is 16.9. The zero-order valence-corrected chi connectivity index (χ0v) is 14.7. The van der Waals surface area contributed by atoms with Gasteiger partial charge in [0.15, 0.2) is 0 Å². The number of rotatable bonds is 8. The van der Waals surface area contributed by atoms with Gasteiger partial charge in [0.2, 0.25) is 0 Å². The number of hydrogen-bond acceptors (Lipinski definition) is 4. The van der Waals surface area contributed by atoms with E-state index in [4.69, 9.17) is 0 Å². The maximum atomic E-state index is 3.48. The molecule has 120 valence electrons. The molecule has 1 aliphatic rings. The SMILES string of the molecule is CCCNCc1ccc(CN(C)C2CCN(CC)CC2)s1. The van der Waals surface area contributed by atoms with Gasteiger partial charge in [-0.1, -0.05) is 13.8 Å². The van der Waals surface area contributed by atoms with Crippen molar-refractivity contribution in [2.45, 2.75) is 52.2 Å². The summed E-state index contributed by atoms with van der Waals surface area (Å²) in [6.45, 7) is 11.5. The number of nitrogens with one attached hydrogen (secondary N) is 1. The van der Waals surface area contributed by atoms with Crippen LogP contribution in [-0.4, -0.2) is 49.1 Å². The summed E-state index contributed by atoms with van der Waals surface area (Å²) in [6, 6.07) is 5.36. The Bertz CT molecular complexity index is 396. The van der Waals surface area contributed by atoms with Gasteiger partial charge >= 0.3 is 0 Å². The summed E-state index contributed by atoms with van der Waals surface area (Å²) in [4.78, 5) is 8.09. The average Bonchev–Trinajstić information content (AvgIpc) is 2.95. The largest absolute Gasteiger partial charge is 0.312 e. The number of nitrogens with zero attached hydrogens (tertiary/aromatic N) is 2. The smallest absolute Gasteiger partial charge is 0.0327 e. The van der Waals surface area contributed by atoms with Crippen LogP contribution in [0.2, 0.25) is 0 Å². The van der Waals surface area contributed by atoms with E-state index >= 15 is 0 Å². The van der Waals surface area contributed by atoms with Crippen LogP contribution >= 0.6 is 11.3 Å². The molecule has 1 N–H and O–H groups in total. The molecule has 0 aliphatic carbocycles. The molecule has 1 aromatic rings. The Balaban J connectivity index is 1.76. The normalized spacial score (nSPS) is 17.7. The zero-order valence-electron chi connectivity index (χ0n) is 13.9. The van der Waals surface area contributed by atoms with Crippen molar-refractivity contribution in [3.05, 3.63) is 21.9 Å². The van der Waals surface area contributed by atoms with E-state index in [1.165, 1.54) is 48.7 Å². The molecule has 21 heavy (non-hydrogen) atoms. The van der Waals surface area contributed by atoms with Crippen LogP contribution in [0.15, 0.2) is 12.1 Å². The van der Waals surface area contributed by atoms with Gasteiger partial charge in [-0.15, -0.1) is 11.3 Å². The minimum Gasteiger partial charge on any atom is -0.312 e. The first-order valence-corrected chi connectivity index (χ1v) is 9.25. The Kier molecular flexibility index (Phi) is 7.17. The molecule has 0 amide bonds. The monoisotopic (exact) mass is 309 g/mol. The van der Waals surface area contributed by atoms with Crippen molar-refractivity contribution in [2.75, 3.05) is 33.2 Å². The predicted molar refractivity (Wildman–Crippen MR) is 92.9 cm³/mol. The molecule has 0 radical (unpaired) electrons. The van der Waals surface area contributed by atoms with E-state index < -0.39 is 0 Å². The zero-order chi connectivity index (χ0) is 15.1. The van der Waals surface area contributed by atoms with Gasteiger partial charge in [-0.2, -0.15) is 0 Å². The van der Waals surface area contributed by atoms with Crippen LogP contribution in [0.3, 0.4) is 0 Å². The van der Waals surface area contributed by atoms with E-state index in [1.807, 2.05) is 11.3 Å². The molecule has 1 fully saturated rings. The molecule has 1 aliphatic heterocycles. The summed E-state index contributed by atoms with van der Waals surface area (Å²) in [5.74, 6) is 0. The van der Waals surface area contributed by atoms with Gasteiger partial charge in [0.05, 0.1) is 0 Å². The standard InChI is InChI=1S/C17H31N3S/c1-4-10-18-13-16-6-7-17(21-16)14-19(3)15-8-11-20(5-2)12-9-15/h6-7,15,18H,4-5,8-14H2,1-3H3. The number of piperidine rings is 1. The Hall–Kier alpha value is -0.420. The molecule has 2 rings (SSSR count).